The molecule has 0 aromatic heterocycles. The average molecular weight is 160 g/mol. The van der Waals surface area contributed by atoms with Crippen LogP contribution in [0.2, 0.25) is 0 Å². The quantitative estimate of drug-likeness (QED) is 0.581. The molecule has 4 heteroatoms. The maximum atomic E-state index is 10.3. The van der Waals surface area contributed by atoms with Gasteiger partial charge in [0.2, 0.25) is 0 Å². The first-order chi connectivity index (χ1) is 5.07. The van der Waals surface area contributed by atoms with Crippen LogP contribution in [0.15, 0.2) is 0 Å². The van der Waals surface area contributed by atoms with Crippen molar-refractivity contribution in [2.24, 2.45) is 5.73 Å². The number of aliphatic carboxylic acids is 1. The van der Waals surface area contributed by atoms with E-state index in [1.165, 1.54) is 0 Å². The van der Waals surface area contributed by atoms with E-state index in [0.717, 1.165) is 6.54 Å². The van der Waals surface area contributed by atoms with Crippen molar-refractivity contribution in [1.29, 1.82) is 0 Å². The second-order valence-electron chi connectivity index (χ2n) is 2.72. The predicted molar refractivity (Wildman–Crippen MR) is 43.4 cm³/mol. The molecule has 0 aliphatic heterocycles. The van der Waals surface area contributed by atoms with Crippen molar-refractivity contribution in [3.05, 3.63) is 0 Å². The Bertz CT molecular complexity index is 128. The third kappa shape index (κ3) is 4.75. The summed E-state index contributed by atoms with van der Waals surface area (Å²) in [5.41, 5.74) is 5.31. The van der Waals surface area contributed by atoms with E-state index >= 15 is 0 Å². The van der Waals surface area contributed by atoms with E-state index in [0.29, 0.717) is 6.54 Å². The monoisotopic (exact) mass is 160 g/mol. The van der Waals surface area contributed by atoms with Crippen LogP contribution in [-0.2, 0) is 4.79 Å². The molecule has 0 bridgehead atoms. The number of hydrogen-bond donors (Lipinski definition) is 2. The molecule has 0 aromatic rings. The van der Waals surface area contributed by atoms with Gasteiger partial charge in [0, 0.05) is 19.1 Å². The fourth-order valence-electron chi connectivity index (χ4n) is 0.833. The number of carboxylic acid groups (broad SMARTS) is 1. The smallest absolute Gasteiger partial charge is 0.304 e. The van der Waals surface area contributed by atoms with Gasteiger partial charge in [-0.1, -0.05) is 0 Å². The number of carboxylic acids is 1. The lowest BCUT2D eigenvalue weighted by molar-refractivity contribution is -0.138. The maximum Gasteiger partial charge on any atom is 0.304 e. The van der Waals surface area contributed by atoms with Gasteiger partial charge >= 0.3 is 5.97 Å². The molecule has 3 N–H and O–H groups in total. The fraction of sp³-hybridized carbons (Fsp3) is 0.857. The second kappa shape index (κ2) is 5.09. The van der Waals surface area contributed by atoms with E-state index in [1.807, 2.05) is 18.9 Å². The Morgan fingerprint density at radius 2 is 2.27 bits per heavy atom. The van der Waals surface area contributed by atoms with E-state index in [-0.39, 0.29) is 12.5 Å². The lowest BCUT2D eigenvalue weighted by Crippen LogP contribution is -2.34. The Hall–Kier alpha value is -0.610. The minimum atomic E-state index is -0.763. The predicted octanol–water partition coefficient (Wildman–Crippen LogP) is -0.260. The third-order valence-corrected chi connectivity index (χ3v) is 1.70. The molecule has 0 saturated carbocycles. The molecule has 0 aromatic carbocycles. The molecule has 11 heavy (non-hydrogen) atoms. The minimum Gasteiger partial charge on any atom is -0.481 e. The SMILES string of the molecule is CC(CC(=O)O)N(C)CCN. The van der Waals surface area contributed by atoms with E-state index in [9.17, 15) is 4.79 Å². The van der Waals surface area contributed by atoms with Crippen molar-refractivity contribution in [3.63, 3.8) is 0 Å². The zero-order valence-electron chi connectivity index (χ0n) is 7.08. The number of carbonyl (C=O) groups is 1. The summed E-state index contributed by atoms with van der Waals surface area (Å²) in [6.45, 7) is 3.19. The third-order valence-electron chi connectivity index (χ3n) is 1.70. The first-order valence-corrected chi connectivity index (χ1v) is 3.70. The molecule has 4 nitrogen and oxygen atoms in total. The van der Waals surface area contributed by atoms with Gasteiger partial charge in [-0.25, -0.2) is 0 Å². The topological polar surface area (TPSA) is 66.6 Å². The van der Waals surface area contributed by atoms with Crippen LogP contribution in [0.25, 0.3) is 0 Å². The molecular weight excluding hydrogens is 144 g/mol. The zero-order chi connectivity index (χ0) is 8.85. The number of nitrogens with two attached hydrogens (primary N) is 1. The molecule has 1 unspecified atom stereocenters. The normalized spacial score (nSPS) is 13.5. The number of hydrogen-bond acceptors (Lipinski definition) is 3. The largest absolute Gasteiger partial charge is 0.481 e. The van der Waals surface area contributed by atoms with E-state index in [2.05, 4.69) is 0 Å². The highest BCUT2D eigenvalue weighted by Gasteiger charge is 2.11. The number of likely N-dealkylation sites (N-methyl/N-ethyl adjacent to an activating group) is 1. The van der Waals surface area contributed by atoms with Crippen LogP contribution < -0.4 is 5.73 Å². The molecule has 66 valence electrons. The van der Waals surface area contributed by atoms with E-state index < -0.39 is 5.97 Å². The van der Waals surface area contributed by atoms with Crippen LogP contribution in [0.1, 0.15) is 13.3 Å². The summed E-state index contributed by atoms with van der Waals surface area (Å²) in [5.74, 6) is -0.763. The lowest BCUT2D eigenvalue weighted by Gasteiger charge is -2.21. The highest BCUT2D eigenvalue weighted by atomic mass is 16.4. The van der Waals surface area contributed by atoms with Crippen LogP contribution in [0.4, 0.5) is 0 Å². The van der Waals surface area contributed by atoms with Gasteiger partial charge in [0.1, 0.15) is 0 Å². The van der Waals surface area contributed by atoms with Gasteiger partial charge in [0.25, 0.3) is 0 Å². The van der Waals surface area contributed by atoms with Gasteiger partial charge < -0.3 is 15.7 Å². The highest BCUT2D eigenvalue weighted by Crippen LogP contribution is 1.99. The average Bonchev–Trinajstić information content (AvgIpc) is 1.86. The molecule has 0 aliphatic rings. The van der Waals surface area contributed by atoms with Crippen LogP contribution >= 0.6 is 0 Å². The maximum absolute atomic E-state index is 10.3. The summed E-state index contributed by atoms with van der Waals surface area (Å²) in [6, 6.07) is 0.0658. The summed E-state index contributed by atoms with van der Waals surface area (Å²) < 4.78 is 0. The minimum absolute atomic E-state index is 0.0658. The van der Waals surface area contributed by atoms with Crippen molar-refractivity contribution in [3.8, 4) is 0 Å². The Balaban J connectivity index is 3.63. The van der Waals surface area contributed by atoms with Gasteiger partial charge in [-0.2, -0.15) is 0 Å². The van der Waals surface area contributed by atoms with Crippen molar-refractivity contribution < 1.29 is 9.90 Å². The summed E-state index contributed by atoms with van der Waals surface area (Å²) in [6.07, 6.45) is 0.177. The second-order valence-corrected chi connectivity index (χ2v) is 2.72. The van der Waals surface area contributed by atoms with Crippen LogP contribution in [0, 0.1) is 0 Å². The van der Waals surface area contributed by atoms with E-state index in [1.54, 1.807) is 0 Å². The number of rotatable bonds is 5. The first-order valence-electron chi connectivity index (χ1n) is 3.70. The molecule has 0 heterocycles. The summed E-state index contributed by atoms with van der Waals surface area (Å²) in [4.78, 5) is 12.2. The zero-order valence-corrected chi connectivity index (χ0v) is 7.08. The molecule has 0 saturated heterocycles. The fourth-order valence-corrected chi connectivity index (χ4v) is 0.833. The summed E-state index contributed by atoms with van der Waals surface area (Å²) in [7, 11) is 1.88. The Kier molecular flexibility index (Phi) is 4.81. The molecular formula is C7H16N2O2. The van der Waals surface area contributed by atoms with Crippen LogP contribution in [0.3, 0.4) is 0 Å². The Morgan fingerprint density at radius 3 is 2.64 bits per heavy atom. The summed E-state index contributed by atoms with van der Waals surface area (Å²) in [5, 5.41) is 8.44. The molecule has 0 spiro atoms. The first kappa shape index (κ1) is 10.4. The highest BCUT2D eigenvalue weighted by molar-refractivity contribution is 5.67. The van der Waals surface area contributed by atoms with Crippen LogP contribution in [-0.4, -0.2) is 42.2 Å². The van der Waals surface area contributed by atoms with Gasteiger partial charge in [0.15, 0.2) is 0 Å². The van der Waals surface area contributed by atoms with Crippen molar-refractivity contribution in [2.45, 2.75) is 19.4 Å². The molecule has 0 rings (SSSR count). The Labute approximate surface area is 67.0 Å². The molecule has 0 radical (unpaired) electrons. The van der Waals surface area contributed by atoms with Gasteiger partial charge in [-0.05, 0) is 14.0 Å². The van der Waals surface area contributed by atoms with Gasteiger partial charge in [-0.3, -0.25) is 4.79 Å². The van der Waals surface area contributed by atoms with Gasteiger partial charge in [0.05, 0.1) is 6.42 Å². The molecule has 0 amide bonds. The van der Waals surface area contributed by atoms with Crippen molar-refractivity contribution in [1.82, 2.24) is 4.90 Å². The molecule has 0 fully saturated rings. The Morgan fingerprint density at radius 1 is 1.73 bits per heavy atom. The summed E-state index contributed by atoms with van der Waals surface area (Å²) >= 11 is 0. The molecule has 0 aliphatic carbocycles. The molecule has 1 atom stereocenters. The van der Waals surface area contributed by atoms with Gasteiger partial charge in [-0.15, -0.1) is 0 Å². The van der Waals surface area contributed by atoms with Crippen LogP contribution in [0.5, 0.6) is 0 Å². The van der Waals surface area contributed by atoms with E-state index in [4.69, 9.17) is 10.8 Å². The number of nitrogens with zero attached hydrogens (tertiary/aromatic N) is 1. The lowest BCUT2D eigenvalue weighted by atomic mass is 10.2. The van der Waals surface area contributed by atoms with Crippen molar-refractivity contribution in [2.75, 3.05) is 20.1 Å². The van der Waals surface area contributed by atoms with Crippen molar-refractivity contribution >= 4 is 5.97 Å². The standard InChI is InChI=1S/C7H16N2O2/c1-6(5-7(10)11)9(2)4-3-8/h6H,3-5,8H2,1-2H3,(H,10,11).